The summed E-state index contributed by atoms with van der Waals surface area (Å²) < 4.78 is 4.82. The summed E-state index contributed by atoms with van der Waals surface area (Å²) in [6.07, 6.45) is -1.19. The van der Waals surface area contributed by atoms with Crippen LogP contribution < -0.4 is 4.90 Å². The predicted molar refractivity (Wildman–Crippen MR) is 81.4 cm³/mol. The van der Waals surface area contributed by atoms with E-state index in [2.05, 4.69) is 5.16 Å². The highest BCUT2D eigenvalue weighted by molar-refractivity contribution is 6.47. The Kier molecular flexibility index (Phi) is 3.99. The maximum Gasteiger partial charge on any atom is 0.357 e. The first-order valence-electron chi connectivity index (χ1n) is 6.69. The van der Waals surface area contributed by atoms with Crippen molar-refractivity contribution in [1.82, 2.24) is 0 Å². The molecule has 1 fully saturated rings. The van der Waals surface area contributed by atoms with Crippen LogP contribution in [0, 0.1) is 5.92 Å². The van der Waals surface area contributed by atoms with Gasteiger partial charge in [-0.1, -0.05) is 28.4 Å². The van der Waals surface area contributed by atoms with Gasteiger partial charge in [-0.15, -0.1) is 0 Å². The number of rotatable bonds is 3. The first-order valence-corrected chi connectivity index (χ1v) is 7.45. The van der Waals surface area contributed by atoms with Crippen LogP contribution in [-0.2, 0) is 24.0 Å². The number of hydrogen-bond acceptors (Lipinski definition) is 6. The Morgan fingerprint density at radius 1 is 1.35 bits per heavy atom. The second-order valence-electron chi connectivity index (χ2n) is 4.81. The monoisotopic (exact) mass is 356 g/mol. The smallest absolute Gasteiger partial charge is 0.357 e. The number of amides is 2. The molecule has 2 aliphatic heterocycles. The number of fused-ring (bicyclic) bond motifs is 1. The molecular weight excluding hydrogens is 347 g/mol. The molecule has 1 saturated heterocycles. The number of halogens is 2. The average Bonchev–Trinajstić information content (AvgIpc) is 3.02. The number of anilines is 1. The van der Waals surface area contributed by atoms with Crippen molar-refractivity contribution in [2.24, 2.45) is 11.1 Å². The van der Waals surface area contributed by atoms with Crippen LogP contribution in [0.3, 0.4) is 0 Å². The van der Waals surface area contributed by atoms with Crippen LogP contribution in [-0.4, -0.2) is 36.2 Å². The van der Waals surface area contributed by atoms with E-state index >= 15 is 0 Å². The molecule has 2 atom stereocenters. The van der Waals surface area contributed by atoms with Gasteiger partial charge in [-0.3, -0.25) is 9.59 Å². The number of nitrogens with zero attached hydrogens (tertiary/aromatic N) is 2. The number of esters is 1. The van der Waals surface area contributed by atoms with Crippen molar-refractivity contribution in [3.63, 3.8) is 0 Å². The third kappa shape index (κ3) is 2.46. The Bertz CT molecular complexity index is 749. The molecule has 0 N–H and O–H groups in total. The fourth-order valence-electron chi connectivity index (χ4n) is 2.45. The van der Waals surface area contributed by atoms with E-state index in [0.717, 1.165) is 4.90 Å². The van der Waals surface area contributed by atoms with Crippen LogP contribution in [0.25, 0.3) is 0 Å². The molecule has 0 unspecified atom stereocenters. The van der Waals surface area contributed by atoms with Crippen molar-refractivity contribution < 1.29 is 24.0 Å². The lowest BCUT2D eigenvalue weighted by Crippen LogP contribution is -2.35. The number of carbonyl (C=O) groups excluding carboxylic acids is 3. The largest absolute Gasteiger partial charge is 0.461 e. The molecule has 2 aliphatic rings. The Balaban J connectivity index is 1.95. The zero-order valence-electron chi connectivity index (χ0n) is 11.8. The second-order valence-corrected chi connectivity index (χ2v) is 5.65. The van der Waals surface area contributed by atoms with Crippen molar-refractivity contribution in [1.29, 1.82) is 0 Å². The molecule has 0 radical (unpaired) electrons. The number of imide groups is 1. The lowest BCUT2D eigenvalue weighted by molar-refractivity contribution is -0.136. The molecule has 9 heteroatoms. The van der Waals surface area contributed by atoms with Crippen molar-refractivity contribution in [3.8, 4) is 0 Å². The highest BCUT2D eigenvalue weighted by Gasteiger charge is 2.58. The van der Waals surface area contributed by atoms with E-state index in [9.17, 15) is 14.4 Å². The molecule has 120 valence electrons. The molecule has 0 saturated carbocycles. The molecule has 1 aromatic rings. The first-order chi connectivity index (χ1) is 11.0. The van der Waals surface area contributed by atoms with E-state index in [0.29, 0.717) is 5.02 Å². The van der Waals surface area contributed by atoms with Crippen molar-refractivity contribution in [3.05, 3.63) is 28.2 Å². The highest BCUT2D eigenvalue weighted by Crippen LogP contribution is 2.37. The van der Waals surface area contributed by atoms with Crippen molar-refractivity contribution >= 4 is 52.4 Å². The molecule has 23 heavy (non-hydrogen) atoms. The Hall–Kier alpha value is -2.12. The van der Waals surface area contributed by atoms with E-state index < -0.39 is 29.8 Å². The van der Waals surface area contributed by atoms with Gasteiger partial charge in [0.05, 0.1) is 17.3 Å². The standard InChI is InChI=1S/C14H10Cl2N2O5/c1-2-22-14(21)10-9-11(23-17-10)13(20)18(12(9)19)8-4-3-6(15)5-7(8)16/h3-5,9,11H,2H2,1H3/t9-,11+/m0/s1. The third-order valence-electron chi connectivity index (χ3n) is 3.45. The van der Waals surface area contributed by atoms with E-state index in [1.54, 1.807) is 6.92 Å². The number of carbonyl (C=O) groups is 3. The van der Waals surface area contributed by atoms with E-state index in [-0.39, 0.29) is 23.0 Å². The van der Waals surface area contributed by atoms with Gasteiger partial charge in [-0.25, -0.2) is 9.69 Å². The van der Waals surface area contributed by atoms with Gasteiger partial charge < -0.3 is 9.57 Å². The highest BCUT2D eigenvalue weighted by atomic mass is 35.5. The molecule has 2 amide bonds. The third-order valence-corrected chi connectivity index (χ3v) is 3.99. The van der Waals surface area contributed by atoms with Crippen LogP contribution in [0.5, 0.6) is 0 Å². The molecular formula is C14H10Cl2N2O5. The molecule has 0 spiro atoms. The van der Waals surface area contributed by atoms with Gasteiger partial charge in [0.15, 0.2) is 5.71 Å². The minimum atomic E-state index is -1.19. The summed E-state index contributed by atoms with van der Waals surface area (Å²) in [5.41, 5.74) is -0.0462. The minimum Gasteiger partial charge on any atom is -0.461 e. The average molecular weight is 357 g/mol. The molecule has 2 heterocycles. The maximum atomic E-state index is 12.6. The first kappa shape index (κ1) is 15.8. The van der Waals surface area contributed by atoms with Crippen LogP contribution in [0.1, 0.15) is 6.92 Å². The van der Waals surface area contributed by atoms with Gasteiger partial charge in [0.1, 0.15) is 5.92 Å². The van der Waals surface area contributed by atoms with E-state index in [1.807, 2.05) is 0 Å². The van der Waals surface area contributed by atoms with Gasteiger partial charge in [0, 0.05) is 5.02 Å². The normalized spacial score (nSPS) is 22.7. The summed E-state index contributed by atoms with van der Waals surface area (Å²) in [4.78, 5) is 42.7. The van der Waals surface area contributed by atoms with Crippen LogP contribution in [0.4, 0.5) is 5.69 Å². The minimum absolute atomic E-state index is 0.115. The fourth-order valence-corrected chi connectivity index (χ4v) is 2.95. The van der Waals surface area contributed by atoms with Crippen molar-refractivity contribution in [2.45, 2.75) is 13.0 Å². The van der Waals surface area contributed by atoms with Crippen LogP contribution in [0.15, 0.2) is 23.4 Å². The van der Waals surface area contributed by atoms with Gasteiger partial charge in [-0.2, -0.15) is 0 Å². The van der Waals surface area contributed by atoms with Gasteiger partial charge >= 0.3 is 5.97 Å². The number of oxime groups is 1. The Morgan fingerprint density at radius 3 is 2.74 bits per heavy atom. The zero-order valence-corrected chi connectivity index (χ0v) is 13.3. The van der Waals surface area contributed by atoms with Crippen molar-refractivity contribution in [2.75, 3.05) is 11.5 Å². The zero-order chi connectivity index (χ0) is 16.7. The lowest BCUT2D eigenvalue weighted by Gasteiger charge is -2.16. The van der Waals surface area contributed by atoms with E-state index in [4.69, 9.17) is 32.8 Å². The summed E-state index contributed by atoms with van der Waals surface area (Å²) in [6, 6.07) is 4.36. The molecule has 0 bridgehead atoms. The van der Waals surface area contributed by atoms with Crippen LogP contribution in [0.2, 0.25) is 10.0 Å². The summed E-state index contributed by atoms with van der Waals surface area (Å²) >= 11 is 11.9. The predicted octanol–water partition coefficient (Wildman–Crippen LogP) is 1.80. The Morgan fingerprint density at radius 2 is 2.09 bits per heavy atom. The number of hydrogen-bond donors (Lipinski definition) is 0. The van der Waals surface area contributed by atoms with Gasteiger partial charge in [0.25, 0.3) is 5.91 Å². The number of ether oxygens (including phenoxy) is 1. The molecule has 0 aromatic heterocycles. The van der Waals surface area contributed by atoms with Crippen LogP contribution >= 0.6 is 23.2 Å². The molecule has 3 rings (SSSR count). The summed E-state index contributed by atoms with van der Waals surface area (Å²) in [7, 11) is 0. The lowest BCUT2D eigenvalue weighted by atomic mass is 10.00. The second kappa shape index (κ2) is 5.82. The van der Waals surface area contributed by atoms with Gasteiger partial charge in [-0.05, 0) is 25.1 Å². The molecule has 1 aromatic carbocycles. The fraction of sp³-hybridized carbons (Fsp3) is 0.286. The quantitative estimate of drug-likeness (QED) is 0.608. The summed E-state index contributed by atoms with van der Waals surface area (Å²) in [5.74, 6) is -3.21. The SMILES string of the molecule is CCOC(=O)C1=NO[C@H]2C(=O)N(c3ccc(Cl)cc3Cl)C(=O)[C@@H]12. The van der Waals surface area contributed by atoms with E-state index in [1.165, 1.54) is 18.2 Å². The molecule has 7 nitrogen and oxygen atoms in total. The van der Waals surface area contributed by atoms with Gasteiger partial charge in [0.2, 0.25) is 12.0 Å². The topological polar surface area (TPSA) is 85.3 Å². The Labute approximate surface area is 140 Å². The summed E-state index contributed by atoms with van der Waals surface area (Å²) in [5, 5.41) is 4.02. The maximum absolute atomic E-state index is 12.6. The summed E-state index contributed by atoms with van der Waals surface area (Å²) in [6.45, 7) is 1.73. The molecule has 0 aliphatic carbocycles. The number of benzene rings is 1.